The van der Waals surface area contributed by atoms with Crippen LogP contribution in [-0.2, 0) is 21.7 Å². The zero-order valence-electron chi connectivity index (χ0n) is 10.5. The van der Waals surface area contributed by atoms with Gasteiger partial charge >= 0.3 is 21.7 Å². The van der Waals surface area contributed by atoms with Gasteiger partial charge in [-0.3, -0.25) is 0 Å². The van der Waals surface area contributed by atoms with Gasteiger partial charge in [0.15, 0.2) is 0 Å². The first kappa shape index (κ1) is 24.2. The second kappa shape index (κ2) is 37.2. The van der Waals surface area contributed by atoms with Gasteiger partial charge in [0.05, 0.1) is 0 Å². The van der Waals surface area contributed by atoms with Crippen LogP contribution in [0.25, 0.3) is 16.0 Å². The molecule has 0 aliphatic heterocycles. The first-order valence-electron chi connectivity index (χ1n) is 4.07. The largest absolute Gasteiger partial charge is 4.00 e. The number of hydrogen-bond donors (Lipinski definition) is 0. The Hall–Kier alpha value is -0.196. The topological polar surface area (TPSA) is 69.3 Å². The predicted molar refractivity (Wildman–Crippen MR) is 63.2 cm³/mol. The smallest absolute Gasteiger partial charge is 0.668 e. The van der Waals surface area contributed by atoms with Crippen molar-refractivity contribution in [3.8, 4) is 0 Å². The molecule has 0 fully saturated rings. The quantitative estimate of drug-likeness (QED) is 0.657. The van der Waals surface area contributed by atoms with E-state index in [4.69, 9.17) is 0 Å². The van der Waals surface area contributed by atoms with Gasteiger partial charge in [0, 0.05) is 6.20 Å². The van der Waals surface area contributed by atoms with Crippen LogP contribution in [0, 0.1) is 0 Å². The molecule has 15 heavy (non-hydrogen) atoms. The van der Waals surface area contributed by atoms with Crippen LogP contribution in [0.5, 0.6) is 0 Å². The zero-order chi connectivity index (χ0) is 11.7. The molecule has 1 rings (SSSR count). The summed E-state index contributed by atoms with van der Waals surface area (Å²) in [6, 6.07) is 1.78. The summed E-state index contributed by atoms with van der Waals surface area (Å²) in [5, 5.41) is 17.4. The van der Waals surface area contributed by atoms with Gasteiger partial charge in [0.2, 0.25) is 0 Å². The Morgan fingerprint density at radius 3 is 1.27 bits per heavy atom. The van der Waals surface area contributed by atoms with Crippen LogP contribution in [0.3, 0.4) is 0 Å². The maximum atomic E-state index is 3.50. The maximum Gasteiger partial charge on any atom is 4.00 e. The van der Waals surface area contributed by atoms with E-state index < -0.39 is 0 Å². The molecule has 0 bridgehead atoms. The third-order valence-electron chi connectivity index (χ3n) is 0.372. The van der Waals surface area contributed by atoms with E-state index >= 15 is 0 Å². The van der Waals surface area contributed by atoms with Crippen molar-refractivity contribution in [1.82, 2.24) is 10.2 Å². The van der Waals surface area contributed by atoms with Crippen LogP contribution in [0.4, 0.5) is 0 Å². The van der Waals surface area contributed by atoms with Crippen LogP contribution in [0.15, 0.2) is 18.5 Å². The number of aromatic nitrogens is 2. The fraction of sp³-hybridized carbons (Fsp3) is 0.667. The molecule has 5 nitrogen and oxygen atoms in total. The van der Waals surface area contributed by atoms with Gasteiger partial charge in [-0.05, 0) is 0 Å². The summed E-state index contributed by atoms with van der Waals surface area (Å²) in [6.07, 6.45) is 3.28. The Balaban J connectivity index is -0.0000000550. The van der Waals surface area contributed by atoms with Crippen molar-refractivity contribution in [3.63, 3.8) is 0 Å². The summed E-state index contributed by atoms with van der Waals surface area (Å²) >= 11 is 0. The minimum atomic E-state index is 0. The second-order valence-electron chi connectivity index (χ2n) is 2.06. The van der Waals surface area contributed by atoms with Gasteiger partial charge < -0.3 is 26.1 Å². The van der Waals surface area contributed by atoms with Crippen molar-refractivity contribution >= 4 is 0 Å². The molecule has 0 saturated carbocycles. The van der Waals surface area contributed by atoms with E-state index in [9.17, 15) is 0 Å². The molecule has 0 aromatic carbocycles. The summed E-state index contributed by atoms with van der Waals surface area (Å²) in [7, 11) is 10.5. The fourth-order valence-corrected chi connectivity index (χ4v) is 0.192. The second-order valence-corrected chi connectivity index (χ2v) is 2.06. The average Bonchev–Trinajstić information content (AvgIpc) is 2.63. The fourth-order valence-electron chi connectivity index (χ4n) is 0.192. The molecule has 6 heteroatoms. The van der Waals surface area contributed by atoms with Crippen molar-refractivity contribution < 1.29 is 21.7 Å². The van der Waals surface area contributed by atoms with Gasteiger partial charge in [0.1, 0.15) is 0 Å². The Kier molecular flexibility index (Phi) is 59.9. The van der Waals surface area contributed by atoms with Gasteiger partial charge in [-0.15, -0.1) is 0 Å². The molecule has 0 aliphatic carbocycles. The molecule has 1 heterocycles. The first-order chi connectivity index (χ1) is 6.74. The molecule has 1 aromatic rings. The molecule has 0 N–H and O–H groups in total. The predicted octanol–water partition coefficient (Wildman–Crippen LogP) is 1.90. The Morgan fingerprint density at radius 1 is 0.867 bits per heavy atom. The summed E-state index contributed by atoms with van der Waals surface area (Å²) < 4.78 is 0. The van der Waals surface area contributed by atoms with Crippen molar-refractivity contribution in [2.24, 2.45) is 0 Å². The minimum absolute atomic E-state index is 0. The minimum Gasteiger partial charge on any atom is -0.668 e. The van der Waals surface area contributed by atoms with E-state index in [1.165, 1.54) is 0 Å². The Morgan fingerprint density at radius 2 is 1.20 bits per heavy atom. The van der Waals surface area contributed by atoms with E-state index in [1.807, 2.05) is 0 Å². The monoisotopic (exact) mass is 247 g/mol. The molecular weight excluding hydrogens is 226 g/mol. The van der Waals surface area contributed by atoms with E-state index in [-0.39, 0.29) is 21.7 Å². The van der Waals surface area contributed by atoms with Gasteiger partial charge in [-0.25, -0.2) is 0 Å². The van der Waals surface area contributed by atoms with Crippen molar-refractivity contribution in [2.75, 3.05) is 42.3 Å². The van der Waals surface area contributed by atoms with Crippen LogP contribution in [0.1, 0.15) is 0 Å². The Labute approximate surface area is 109 Å². The number of rotatable bonds is 0. The van der Waals surface area contributed by atoms with E-state index in [0.717, 1.165) is 0 Å². The van der Waals surface area contributed by atoms with Gasteiger partial charge in [0.25, 0.3) is 0 Å². The zero-order valence-corrected chi connectivity index (χ0v) is 12.0. The molecule has 1 aromatic heterocycles. The third kappa shape index (κ3) is 83.3. The van der Waals surface area contributed by atoms with Crippen LogP contribution >= 0.6 is 0 Å². The molecule has 86 valence electrons. The van der Waals surface area contributed by atoms with Crippen molar-refractivity contribution in [3.05, 3.63) is 34.4 Å². The molecule has 0 saturated heterocycles. The van der Waals surface area contributed by atoms with E-state index in [2.05, 4.69) is 26.1 Å². The standard InChI is InChI=1S/C3H3N2.3C2H6N.Ti/c1-2-4-5-3-1;3*1-3-2;/h1-3H;3*1-2H3;/q4*-1;+4. The van der Waals surface area contributed by atoms with Crippen molar-refractivity contribution in [1.29, 1.82) is 0 Å². The normalized spacial score (nSPS) is 6.27. The average molecular weight is 247 g/mol. The van der Waals surface area contributed by atoms with Crippen LogP contribution in [-0.4, -0.2) is 47.4 Å². The van der Waals surface area contributed by atoms with Crippen LogP contribution in [0.2, 0.25) is 0 Å². The van der Waals surface area contributed by atoms with E-state index in [1.54, 1.807) is 60.7 Å². The van der Waals surface area contributed by atoms with Crippen molar-refractivity contribution in [2.45, 2.75) is 0 Å². The summed E-state index contributed by atoms with van der Waals surface area (Å²) in [6.45, 7) is 0. The molecule has 0 aliphatic rings. The van der Waals surface area contributed by atoms with E-state index in [0.29, 0.717) is 0 Å². The summed E-state index contributed by atoms with van der Waals surface area (Å²) in [5.74, 6) is 0. The summed E-state index contributed by atoms with van der Waals surface area (Å²) in [5.41, 5.74) is 0. The van der Waals surface area contributed by atoms with Crippen LogP contribution < -0.4 is 5.10 Å². The third-order valence-corrected chi connectivity index (χ3v) is 0.372. The molecule has 0 unspecified atom stereocenters. The number of hydrogen-bond acceptors (Lipinski definition) is 1. The Bertz CT molecular complexity index is 102. The molecule has 0 radical (unpaired) electrons. The van der Waals surface area contributed by atoms with Gasteiger partial charge in [-0.2, -0.15) is 48.5 Å². The maximum absolute atomic E-state index is 3.50. The molecular formula is C9H21N5Ti. The summed E-state index contributed by atoms with van der Waals surface area (Å²) in [4.78, 5) is 0. The first-order valence-corrected chi connectivity index (χ1v) is 4.07. The molecule has 0 atom stereocenters. The molecule has 0 spiro atoms. The number of nitrogens with zero attached hydrogens (tertiary/aromatic N) is 5. The van der Waals surface area contributed by atoms with Gasteiger partial charge in [-0.1, -0.05) is 6.07 Å². The molecule has 0 amide bonds. The SMILES string of the molecule is C[N-]C.C[N-]C.C[N-]C.[Ti+4].c1cn[n-]c1.